The van der Waals surface area contributed by atoms with Crippen molar-refractivity contribution in [1.29, 1.82) is 0 Å². The number of hydrogen-bond donors (Lipinski definition) is 4. The molecular weight excluding hydrogens is 434 g/mol. The predicted octanol–water partition coefficient (Wildman–Crippen LogP) is 3.36. The lowest BCUT2D eigenvalue weighted by molar-refractivity contribution is -0.121. The minimum absolute atomic E-state index is 0.00913. The first-order valence-electron chi connectivity index (χ1n) is 11.4. The second-order valence-electron chi connectivity index (χ2n) is 8.11. The molecule has 1 heterocycles. The van der Waals surface area contributed by atoms with Crippen LogP contribution in [0.5, 0.6) is 11.5 Å². The number of ketones is 2. The summed E-state index contributed by atoms with van der Waals surface area (Å²) in [5.41, 5.74) is 3.60. The van der Waals surface area contributed by atoms with E-state index in [2.05, 4.69) is 16.0 Å². The number of benzene rings is 2. The van der Waals surface area contributed by atoms with Gasteiger partial charge in [-0.05, 0) is 56.2 Å². The van der Waals surface area contributed by atoms with Crippen molar-refractivity contribution in [2.45, 2.75) is 33.1 Å². The van der Waals surface area contributed by atoms with Crippen LogP contribution >= 0.6 is 0 Å². The third kappa shape index (κ3) is 5.75. The van der Waals surface area contributed by atoms with Crippen LogP contribution < -0.4 is 20.7 Å². The molecule has 1 amide bonds. The van der Waals surface area contributed by atoms with Crippen LogP contribution in [-0.2, 0) is 9.59 Å². The van der Waals surface area contributed by atoms with E-state index in [4.69, 9.17) is 4.74 Å². The van der Waals surface area contributed by atoms with Crippen molar-refractivity contribution in [3.63, 3.8) is 0 Å². The van der Waals surface area contributed by atoms with E-state index in [1.807, 2.05) is 6.92 Å². The summed E-state index contributed by atoms with van der Waals surface area (Å²) < 4.78 is 5.27. The smallest absolute Gasteiger partial charge is 0.219 e. The van der Waals surface area contributed by atoms with Crippen molar-refractivity contribution in [2.24, 2.45) is 0 Å². The largest absolute Gasteiger partial charge is 0.504 e. The second kappa shape index (κ2) is 11.4. The van der Waals surface area contributed by atoms with Gasteiger partial charge < -0.3 is 25.8 Å². The Kier molecular flexibility index (Phi) is 8.29. The molecule has 1 aliphatic rings. The molecule has 8 nitrogen and oxygen atoms in total. The Morgan fingerprint density at radius 2 is 1.82 bits per heavy atom. The summed E-state index contributed by atoms with van der Waals surface area (Å²) >= 11 is 0. The first kappa shape index (κ1) is 24.8. The second-order valence-corrected chi connectivity index (χ2v) is 8.11. The number of methoxy groups -OCH3 is 1. The van der Waals surface area contributed by atoms with Crippen LogP contribution in [0.25, 0.3) is 11.3 Å². The lowest BCUT2D eigenvalue weighted by atomic mass is 9.90. The Balaban J connectivity index is 2.01. The van der Waals surface area contributed by atoms with Gasteiger partial charge in [-0.2, -0.15) is 0 Å². The average Bonchev–Trinajstić information content (AvgIpc) is 2.82. The number of carbonyl (C=O) groups is 3. The number of fused-ring (bicyclic) bond motifs is 1. The first-order valence-corrected chi connectivity index (χ1v) is 11.4. The fraction of sp³-hybridized carbons (Fsp3) is 0.346. The first-order chi connectivity index (χ1) is 16.3. The number of amides is 1. The highest BCUT2D eigenvalue weighted by Gasteiger charge is 2.26. The highest BCUT2D eigenvalue weighted by molar-refractivity contribution is 6.31. The van der Waals surface area contributed by atoms with Gasteiger partial charge in [-0.25, -0.2) is 0 Å². The molecule has 0 fully saturated rings. The maximum atomic E-state index is 13.1. The number of Topliss-reactive ketones (excluding diaryl/α,β-unsaturated/α-hetero) is 2. The molecule has 1 aliphatic heterocycles. The van der Waals surface area contributed by atoms with Gasteiger partial charge in [0.25, 0.3) is 0 Å². The number of phenolic OH excluding ortho intramolecular Hbond substituents is 1. The molecule has 0 bridgehead atoms. The summed E-state index contributed by atoms with van der Waals surface area (Å²) in [6.07, 6.45) is 1.93. The van der Waals surface area contributed by atoms with Crippen LogP contribution in [0.3, 0.4) is 0 Å². The molecule has 3 rings (SSSR count). The topological polar surface area (TPSA) is 117 Å². The van der Waals surface area contributed by atoms with Gasteiger partial charge in [0, 0.05) is 41.9 Å². The molecule has 0 unspecified atom stereocenters. The van der Waals surface area contributed by atoms with Crippen LogP contribution in [0.2, 0.25) is 0 Å². The number of hydrogen-bond acceptors (Lipinski definition) is 7. The number of aromatic hydroxyl groups is 1. The zero-order valence-electron chi connectivity index (χ0n) is 19.8. The van der Waals surface area contributed by atoms with E-state index in [9.17, 15) is 19.5 Å². The van der Waals surface area contributed by atoms with Gasteiger partial charge in [-0.15, -0.1) is 0 Å². The summed E-state index contributed by atoms with van der Waals surface area (Å²) in [4.78, 5) is 36.9. The van der Waals surface area contributed by atoms with Gasteiger partial charge in [0.1, 0.15) is 0 Å². The van der Waals surface area contributed by atoms with Gasteiger partial charge in [-0.1, -0.05) is 6.92 Å². The minimum atomic E-state index is -0.126. The van der Waals surface area contributed by atoms with Crippen LogP contribution in [0.4, 0.5) is 5.69 Å². The highest BCUT2D eigenvalue weighted by Crippen LogP contribution is 2.36. The molecule has 4 N–H and O–H groups in total. The third-order valence-electron chi connectivity index (χ3n) is 5.59. The standard InChI is InChI=1S/C26H31N3O5/c1-4-6-24(33)27-11-5-12-28-26(18-8-10-21(31)23(14-18)34-3)25-19-13-17(16(2)30)7-9-20(19)29-15-22(25)32/h7-10,13-14,28-29,31H,4-6,11-12,15H2,1-3H3,(H,27,33)/b26-25-. The Morgan fingerprint density at radius 3 is 2.53 bits per heavy atom. The Labute approximate surface area is 199 Å². The molecule has 2 aromatic rings. The highest BCUT2D eigenvalue weighted by atomic mass is 16.5. The molecule has 0 spiro atoms. The molecule has 0 saturated heterocycles. The van der Waals surface area contributed by atoms with Crippen molar-refractivity contribution < 1.29 is 24.2 Å². The lowest BCUT2D eigenvalue weighted by Crippen LogP contribution is -2.29. The molecule has 2 aromatic carbocycles. The van der Waals surface area contributed by atoms with Crippen LogP contribution in [-0.4, -0.2) is 49.3 Å². The quantitative estimate of drug-likeness (QED) is 0.241. The summed E-state index contributed by atoms with van der Waals surface area (Å²) in [7, 11) is 1.46. The molecule has 0 aromatic heterocycles. The molecular formula is C26H31N3O5. The zero-order valence-corrected chi connectivity index (χ0v) is 19.8. The van der Waals surface area contributed by atoms with Gasteiger partial charge in [0.05, 0.1) is 24.9 Å². The van der Waals surface area contributed by atoms with Crippen LogP contribution in [0, 0.1) is 0 Å². The number of ether oxygens (including phenoxy) is 1. The van der Waals surface area contributed by atoms with Gasteiger partial charge >= 0.3 is 0 Å². The van der Waals surface area contributed by atoms with Crippen molar-refractivity contribution in [1.82, 2.24) is 10.6 Å². The molecule has 8 heteroatoms. The fourth-order valence-corrected chi connectivity index (χ4v) is 3.83. The maximum absolute atomic E-state index is 13.1. The van der Waals surface area contributed by atoms with Crippen molar-refractivity contribution >= 4 is 34.4 Å². The van der Waals surface area contributed by atoms with E-state index >= 15 is 0 Å². The molecule has 0 radical (unpaired) electrons. The summed E-state index contributed by atoms with van der Waals surface area (Å²) in [6.45, 7) is 4.57. The van der Waals surface area contributed by atoms with E-state index in [0.717, 1.165) is 12.1 Å². The normalized spacial score (nSPS) is 14.0. The third-order valence-corrected chi connectivity index (χ3v) is 5.59. The van der Waals surface area contributed by atoms with Crippen molar-refractivity contribution in [3.05, 3.63) is 53.1 Å². The monoisotopic (exact) mass is 465 g/mol. The number of phenols is 1. The Bertz CT molecular complexity index is 1120. The molecule has 180 valence electrons. The maximum Gasteiger partial charge on any atom is 0.219 e. The predicted molar refractivity (Wildman–Crippen MR) is 132 cm³/mol. The van der Waals surface area contributed by atoms with E-state index < -0.39 is 0 Å². The summed E-state index contributed by atoms with van der Waals surface area (Å²) in [6, 6.07) is 10.1. The van der Waals surface area contributed by atoms with Crippen molar-refractivity contribution in [3.8, 4) is 11.5 Å². The van der Waals surface area contributed by atoms with E-state index in [1.54, 1.807) is 30.3 Å². The fourth-order valence-electron chi connectivity index (χ4n) is 3.83. The summed E-state index contributed by atoms with van der Waals surface area (Å²) in [5, 5.41) is 19.4. The molecule has 0 aliphatic carbocycles. The zero-order chi connectivity index (χ0) is 24.7. The summed E-state index contributed by atoms with van der Waals surface area (Å²) in [5.74, 6) is 0.0693. The lowest BCUT2D eigenvalue weighted by Gasteiger charge is -2.25. The molecule has 0 atom stereocenters. The van der Waals surface area contributed by atoms with Crippen molar-refractivity contribution in [2.75, 3.05) is 32.1 Å². The number of anilines is 1. The molecule has 34 heavy (non-hydrogen) atoms. The van der Waals surface area contributed by atoms with E-state index in [0.29, 0.717) is 53.9 Å². The molecule has 0 saturated carbocycles. The van der Waals surface area contributed by atoms with Gasteiger partial charge in [0.2, 0.25) is 5.91 Å². The Morgan fingerprint density at radius 1 is 1.09 bits per heavy atom. The van der Waals surface area contributed by atoms with Crippen LogP contribution in [0.1, 0.15) is 54.6 Å². The average molecular weight is 466 g/mol. The van der Waals surface area contributed by atoms with Gasteiger partial charge in [-0.3, -0.25) is 14.4 Å². The number of nitrogens with one attached hydrogen (secondary N) is 3. The van der Waals surface area contributed by atoms with Gasteiger partial charge in [0.15, 0.2) is 23.1 Å². The number of rotatable bonds is 10. The Hall–Kier alpha value is -3.81. The SMILES string of the molecule is CCCC(=O)NCCCN/C(=C1\C(=O)CNc2ccc(C(C)=O)cc21)c1ccc(O)c(OC)c1. The van der Waals surface area contributed by atoms with Crippen LogP contribution in [0.15, 0.2) is 36.4 Å². The number of carbonyl (C=O) groups excluding carboxylic acids is 3. The minimum Gasteiger partial charge on any atom is -0.504 e. The van der Waals surface area contributed by atoms with E-state index in [1.165, 1.54) is 20.1 Å². The van der Waals surface area contributed by atoms with E-state index in [-0.39, 0.29) is 35.5 Å².